The molecule has 2 atom stereocenters. The molecule has 1 saturated carbocycles. The van der Waals surface area contributed by atoms with Gasteiger partial charge in [-0.2, -0.15) is 15.1 Å². The number of fused-ring (bicyclic) bond motifs is 1. The highest BCUT2D eigenvalue weighted by molar-refractivity contribution is 5.87. The standard InChI is InChI=1S/C15H24N6/c1-3-16-15-19-13(12-9-17-21-14(12)20-15)18-11-6-4-5-10(2)7-8-11/h9-11H,3-8H2,1-2H3,(H3,16,17,18,19,20,21). The van der Waals surface area contributed by atoms with Crippen LogP contribution in [0.1, 0.15) is 46.0 Å². The van der Waals surface area contributed by atoms with E-state index in [-0.39, 0.29) is 0 Å². The van der Waals surface area contributed by atoms with E-state index in [2.05, 4.69) is 37.7 Å². The molecule has 3 N–H and O–H groups in total. The zero-order valence-electron chi connectivity index (χ0n) is 12.8. The van der Waals surface area contributed by atoms with E-state index in [9.17, 15) is 0 Å². The van der Waals surface area contributed by atoms with E-state index in [1.807, 2.05) is 6.92 Å². The molecule has 1 fully saturated rings. The summed E-state index contributed by atoms with van der Waals surface area (Å²) in [4.78, 5) is 9.04. The average Bonchev–Trinajstić information content (AvgIpc) is 2.84. The van der Waals surface area contributed by atoms with Gasteiger partial charge in [-0.15, -0.1) is 0 Å². The molecule has 0 radical (unpaired) electrons. The van der Waals surface area contributed by atoms with Crippen LogP contribution >= 0.6 is 0 Å². The van der Waals surface area contributed by atoms with Crippen LogP contribution in [0, 0.1) is 5.92 Å². The third-order valence-electron chi connectivity index (χ3n) is 4.24. The van der Waals surface area contributed by atoms with E-state index >= 15 is 0 Å². The van der Waals surface area contributed by atoms with Crippen molar-refractivity contribution in [3.63, 3.8) is 0 Å². The van der Waals surface area contributed by atoms with Gasteiger partial charge in [-0.1, -0.05) is 19.8 Å². The Labute approximate surface area is 125 Å². The molecule has 0 aliphatic heterocycles. The first-order chi connectivity index (χ1) is 10.3. The van der Waals surface area contributed by atoms with Crippen LogP contribution in [0.2, 0.25) is 0 Å². The van der Waals surface area contributed by atoms with Gasteiger partial charge in [0.2, 0.25) is 5.95 Å². The van der Waals surface area contributed by atoms with Crippen molar-refractivity contribution in [2.45, 2.75) is 52.0 Å². The van der Waals surface area contributed by atoms with Crippen LogP contribution < -0.4 is 10.6 Å². The minimum atomic E-state index is 0.498. The summed E-state index contributed by atoms with van der Waals surface area (Å²) in [6.07, 6.45) is 8.14. The lowest BCUT2D eigenvalue weighted by Crippen LogP contribution is -2.20. The maximum absolute atomic E-state index is 4.61. The summed E-state index contributed by atoms with van der Waals surface area (Å²) < 4.78 is 0. The highest BCUT2D eigenvalue weighted by Crippen LogP contribution is 2.27. The van der Waals surface area contributed by atoms with Crippen LogP contribution in [0.4, 0.5) is 11.8 Å². The Bertz CT molecular complexity index is 593. The molecule has 0 aromatic carbocycles. The minimum absolute atomic E-state index is 0.498. The molecular formula is C15H24N6. The van der Waals surface area contributed by atoms with E-state index in [4.69, 9.17) is 0 Å². The highest BCUT2D eigenvalue weighted by atomic mass is 15.2. The van der Waals surface area contributed by atoms with Crippen LogP contribution in [0.15, 0.2) is 6.20 Å². The Hall–Kier alpha value is -1.85. The van der Waals surface area contributed by atoms with Gasteiger partial charge in [0.15, 0.2) is 5.65 Å². The van der Waals surface area contributed by atoms with Gasteiger partial charge < -0.3 is 10.6 Å². The first-order valence-corrected chi connectivity index (χ1v) is 7.97. The lowest BCUT2D eigenvalue weighted by molar-refractivity contribution is 0.502. The van der Waals surface area contributed by atoms with E-state index in [0.29, 0.717) is 12.0 Å². The number of aromatic amines is 1. The van der Waals surface area contributed by atoms with Gasteiger partial charge in [-0.25, -0.2) is 0 Å². The van der Waals surface area contributed by atoms with Gasteiger partial charge in [-0.05, 0) is 32.1 Å². The van der Waals surface area contributed by atoms with E-state index in [1.165, 1.54) is 32.1 Å². The minimum Gasteiger partial charge on any atom is -0.367 e. The number of nitrogens with one attached hydrogen (secondary N) is 3. The molecule has 0 amide bonds. The molecule has 1 aliphatic rings. The fourth-order valence-corrected chi connectivity index (χ4v) is 3.01. The maximum Gasteiger partial charge on any atom is 0.226 e. The van der Waals surface area contributed by atoms with Gasteiger partial charge in [0.1, 0.15) is 5.82 Å². The van der Waals surface area contributed by atoms with Crippen molar-refractivity contribution in [1.82, 2.24) is 20.2 Å². The number of nitrogens with zero attached hydrogens (tertiary/aromatic N) is 3. The number of H-pyrrole nitrogens is 1. The molecule has 0 saturated heterocycles. The van der Waals surface area contributed by atoms with E-state index < -0.39 is 0 Å². The lowest BCUT2D eigenvalue weighted by Gasteiger charge is -2.18. The zero-order chi connectivity index (χ0) is 14.7. The molecule has 3 rings (SSSR count). The first kappa shape index (κ1) is 14.1. The number of aromatic nitrogens is 4. The third-order valence-corrected chi connectivity index (χ3v) is 4.24. The summed E-state index contributed by atoms with van der Waals surface area (Å²) in [5.41, 5.74) is 0.783. The summed E-state index contributed by atoms with van der Waals surface area (Å²) >= 11 is 0. The topological polar surface area (TPSA) is 78.5 Å². The second-order valence-corrected chi connectivity index (χ2v) is 6.01. The van der Waals surface area contributed by atoms with Gasteiger partial charge in [0, 0.05) is 12.6 Å². The zero-order valence-corrected chi connectivity index (χ0v) is 12.8. The monoisotopic (exact) mass is 288 g/mol. The van der Waals surface area contributed by atoms with Crippen molar-refractivity contribution >= 4 is 22.8 Å². The summed E-state index contributed by atoms with van der Waals surface area (Å²) in [6.45, 7) is 5.20. The predicted molar refractivity (Wildman–Crippen MR) is 85.5 cm³/mol. The van der Waals surface area contributed by atoms with Crippen LogP contribution in [0.5, 0.6) is 0 Å². The Morgan fingerprint density at radius 1 is 1.24 bits per heavy atom. The maximum atomic E-state index is 4.61. The molecule has 2 heterocycles. The number of hydrogen-bond donors (Lipinski definition) is 3. The average molecular weight is 288 g/mol. The van der Waals surface area contributed by atoms with Crippen LogP contribution in [0.3, 0.4) is 0 Å². The fourth-order valence-electron chi connectivity index (χ4n) is 3.01. The van der Waals surface area contributed by atoms with Crippen molar-refractivity contribution in [2.75, 3.05) is 17.2 Å². The van der Waals surface area contributed by atoms with Gasteiger partial charge >= 0.3 is 0 Å². The smallest absolute Gasteiger partial charge is 0.226 e. The fraction of sp³-hybridized carbons (Fsp3) is 0.667. The molecular weight excluding hydrogens is 264 g/mol. The van der Waals surface area contributed by atoms with Gasteiger partial charge in [-0.3, -0.25) is 5.10 Å². The summed E-state index contributed by atoms with van der Waals surface area (Å²) in [5.74, 6) is 2.39. The molecule has 6 nitrogen and oxygen atoms in total. The summed E-state index contributed by atoms with van der Waals surface area (Å²) in [6, 6.07) is 0.498. The lowest BCUT2D eigenvalue weighted by atomic mass is 10.0. The van der Waals surface area contributed by atoms with Crippen molar-refractivity contribution < 1.29 is 0 Å². The predicted octanol–water partition coefficient (Wildman–Crippen LogP) is 3.17. The molecule has 0 bridgehead atoms. The third kappa shape index (κ3) is 3.25. The molecule has 0 spiro atoms. The highest BCUT2D eigenvalue weighted by Gasteiger charge is 2.18. The van der Waals surface area contributed by atoms with E-state index in [1.54, 1.807) is 6.20 Å². The van der Waals surface area contributed by atoms with E-state index in [0.717, 1.165) is 29.3 Å². The van der Waals surface area contributed by atoms with Crippen molar-refractivity contribution in [3.05, 3.63) is 6.20 Å². The van der Waals surface area contributed by atoms with Crippen LogP contribution in [-0.4, -0.2) is 32.8 Å². The molecule has 2 aromatic heterocycles. The summed E-state index contributed by atoms with van der Waals surface area (Å²) in [7, 11) is 0. The number of anilines is 2. The molecule has 114 valence electrons. The van der Waals surface area contributed by atoms with Crippen molar-refractivity contribution in [2.24, 2.45) is 5.92 Å². The molecule has 2 aromatic rings. The van der Waals surface area contributed by atoms with Crippen LogP contribution in [0.25, 0.3) is 11.0 Å². The molecule has 6 heteroatoms. The van der Waals surface area contributed by atoms with Crippen molar-refractivity contribution in [3.8, 4) is 0 Å². The van der Waals surface area contributed by atoms with Gasteiger partial charge in [0.25, 0.3) is 0 Å². The molecule has 1 aliphatic carbocycles. The normalized spacial score (nSPS) is 23.0. The van der Waals surface area contributed by atoms with Crippen LogP contribution in [-0.2, 0) is 0 Å². The quantitative estimate of drug-likeness (QED) is 0.753. The Morgan fingerprint density at radius 3 is 3.00 bits per heavy atom. The van der Waals surface area contributed by atoms with Gasteiger partial charge in [0.05, 0.1) is 11.6 Å². The Balaban J connectivity index is 1.83. The molecule has 2 unspecified atom stereocenters. The molecule has 21 heavy (non-hydrogen) atoms. The largest absolute Gasteiger partial charge is 0.367 e. The van der Waals surface area contributed by atoms with Crippen molar-refractivity contribution in [1.29, 1.82) is 0 Å². The second kappa shape index (κ2) is 6.28. The first-order valence-electron chi connectivity index (χ1n) is 7.97. The second-order valence-electron chi connectivity index (χ2n) is 6.01. The SMILES string of the molecule is CCNc1nc(NC2CCCC(C)CC2)c2cn[nH]c2n1. The number of hydrogen-bond acceptors (Lipinski definition) is 5. The Morgan fingerprint density at radius 2 is 2.14 bits per heavy atom. The Kier molecular flexibility index (Phi) is 4.22. The summed E-state index contributed by atoms with van der Waals surface area (Å²) in [5, 5.41) is 14.8. The number of rotatable bonds is 4.